The number of alkyl halides is 3. The van der Waals surface area contributed by atoms with Gasteiger partial charge in [0.25, 0.3) is 0 Å². The Kier molecular flexibility index (Phi) is 6.79. The molecule has 3 aromatic rings. The van der Waals surface area contributed by atoms with Gasteiger partial charge in [-0.2, -0.15) is 13.2 Å². The van der Waals surface area contributed by atoms with Gasteiger partial charge in [-0.05, 0) is 49.2 Å². The smallest absolute Gasteiger partial charge is 0.416 e. The van der Waals surface area contributed by atoms with E-state index in [1.165, 1.54) is 30.5 Å². The zero-order valence-corrected chi connectivity index (χ0v) is 18.5. The number of halogens is 5. The van der Waals surface area contributed by atoms with E-state index < -0.39 is 23.6 Å². The predicted molar refractivity (Wildman–Crippen MR) is 121 cm³/mol. The first-order valence-electron chi connectivity index (χ1n) is 10.3. The summed E-state index contributed by atoms with van der Waals surface area (Å²) in [4.78, 5) is 28.1. The van der Waals surface area contributed by atoms with Gasteiger partial charge in [0.2, 0.25) is 5.91 Å². The summed E-state index contributed by atoms with van der Waals surface area (Å²) in [6.45, 7) is 0. The van der Waals surface area contributed by atoms with Crippen molar-refractivity contribution < 1.29 is 31.9 Å². The fraction of sp³-hybridized carbons (Fsp3) is 0.174. The molecule has 182 valence electrons. The van der Waals surface area contributed by atoms with Crippen molar-refractivity contribution >= 4 is 40.7 Å². The van der Waals surface area contributed by atoms with Crippen molar-refractivity contribution in [2.24, 2.45) is 5.92 Å². The lowest BCUT2D eigenvalue weighted by Gasteiger charge is -2.13. The summed E-state index contributed by atoms with van der Waals surface area (Å²) < 4.78 is 58.3. The van der Waals surface area contributed by atoms with Gasteiger partial charge >= 0.3 is 12.2 Å². The van der Waals surface area contributed by atoms with Crippen molar-refractivity contribution in [3.63, 3.8) is 0 Å². The number of hydrogen-bond donors (Lipinski definition) is 3. The predicted octanol–water partition coefficient (Wildman–Crippen LogP) is 6.68. The van der Waals surface area contributed by atoms with Crippen LogP contribution in [0.5, 0.6) is 11.5 Å². The lowest BCUT2D eigenvalue weighted by Crippen LogP contribution is -2.20. The third kappa shape index (κ3) is 6.38. The van der Waals surface area contributed by atoms with E-state index in [2.05, 4.69) is 20.9 Å². The summed E-state index contributed by atoms with van der Waals surface area (Å²) >= 11 is 5.82. The SMILES string of the molecule is O=C(Nc1ccc(Oc2ccnc(NC(=O)C3CC3)c2)c(F)c1)Nc1ccc(C(F)(F)F)cc1Cl. The van der Waals surface area contributed by atoms with E-state index in [0.29, 0.717) is 6.07 Å². The molecule has 0 atom stereocenters. The lowest BCUT2D eigenvalue weighted by molar-refractivity contribution is -0.137. The number of aromatic nitrogens is 1. The maximum absolute atomic E-state index is 14.5. The molecule has 0 aliphatic heterocycles. The molecule has 2 aromatic carbocycles. The minimum Gasteiger partial charge on any atom is -0.454 e. The zero-order valence-electron chi connectivity index (χ0n) is 17.7. The second-order valence-electron chi connectivity index (χ2n) is 7.66. The van der Waals surface area contributed by atoms with Crippen LogP contribution in [0.15, 0.2) is 54.7 Å². The Bertz CT molecular complexity index is 1280. The van der Waals surface area contributed by atoms with E-state index in [1.54, 1.807) is 0 Å². The van der Waals surface area contributed by atoms with Crippen molar-refractivity contribution in [3.8, 4) is 11.5 Å². The molecule has 4 rings (SSSR count). The highest BCUT2D eigenvalue weighted by Gasteiger charge is 2.31. The number of nitrogens with one attached hydrogen (secondary N) is 3. The maximum Gasteiger partial charge on any atom is 0.416 e. The standard InChI is InChI=1S/C23H17ClF4N4O3/c24-16-9-13(23(26,27)28)3-5-18(16)31-22(34)30-14-4-6-19(17(25)10-14)35-15-7-8-29-20(11-15)32-21(33)12-1-2-12/h3-12H,1-2H2,(H,29,32,33)(H2,30,31,34). The van der Waals surface area contributed by atoms with E-state index in [1.807, 2.05) is 0 Å². The average Bonchev–Trinajstić information content (AvgIpc) is 3.62. The molecule has 0 bridgehead atoms. The number of urea groups is 1. The van der Waals surface area contributed by atoms with Crippen molar-refractivity contribution in [1.82, 2.24) is 4.98 Å². The average molecular weight is 509 g/mol. The van der Waals surface area contributed by atoms with Gasteiger partial charge in [-0.1, -0.05) is 11.6 Å². The summed E-state index contributed by atoms with van der Waals surface area (Å²) in [7, 11) is 0. The minimum atomic E-state index is -4.58. The Labute approximate surface area is 201 Å². The molecule has 0 radical (unpaired) electrons. The quantitative estimate of drug-likeness (QED) is 0.324. The third-order valence-corrected chi connectivity index (χ3v) is 5.21. The first kappa shape index (κ1) is 24.3. The molecule has 35 heavy (non-hydrogen) atoms. The summed E-state index contributed by atoms with van der Waals surface area (Å²) in [5.74, 6) is -0.571. The number of nitrogens with zero attached hydrogens (tertiary/aromatic N) is 1. The van der Waals surface area contributed by atoms with Crippen LogP contribution in [0.2, 0.25) is 5.02 Å². The number of rotatable bonds is 6. The monoisotopic (exact) mass is 508 g/mol. The van der Waals surface area contributed by atoms with Gasteiger partial charge in [0.1, 0.15) is 11.6 Å². The molecule has 1 heterocycles. The van der Waals surface area contributed by atoms with E-state index in [4.69, 9.17) is 16.3 Å². The van der Waals surface area contributed by atoms with E-state index in [0.717, 1.165) is 31.0 Å². The van der Waals surface area contributed by atoms with Crippen LogP contribution in [0.25, 0.3) is 0 Å². The summed E-state index contributed by atoms with van der Waals surface area (Å²) in [5, 5.41) is 7.01. The Morgan fingerprint density at radius 3 is 2.43 bits per heavy atom. The van der Waals surface area contributed by atoms with E-state index >= 15 is 0 Å². The summed E-state index contributed by atoms with van der Waals surface area (Å²) in [5.41, 5.74) is -0.958. The Balaban J connectivity index is 1.38. The molecule has 1 aromatic heterocycles. The van der Waals surface area contributed by atoms with Crippen molar-refractivity contribution in [3.05, 3.63) is 71.1 Å². The maximum atomic E-state index is 14.5. The Morgan fingerprint density at radius 2 is 1.77 bits per heavy atom. The van der Waals surface area contributed by atoms with Gasteiger partial charge < -0.3 is 20.7 Å². The molecule has 1 fully saturated rings. The van der Waals surface area contributed by atoms with Crippen LogP contribution in [-0.4, -0.2) is 16.9 Å². The highest BCUT2D eigenvalue weighted by atomic mass is 35.5. The molecule has 3 N–H and O–H groups in total. The second kappa shape index (κ2) is 9.79. The molecule has 12 heteroatoms. The second-order valence-corrected chi connectivity index (χ2v) is 8.07. The molecule has 0 unspecified atom stereocenters. The van der Waals surface area contributed by atoms with Gasteiger partial charge in [-0.3, -0.25) is 4.79 Å². The fourth-order valence-corrected chi connectivity index (χ4v) is 3.21. The highest BCUT2D eigenvalue weighted by Crippen LogP contribution is 2.34. The molecule has 1 aliphatic carbocycles. The molecule has 1 aliphatic rings. The van der Waals surface area contributed by atoms with Crippen LogP contribution in [-0.2, 0) is 11.0 Å². The number of amides is 3. The minimum absolute atomic E-state index is 0.00802. The Morgan fingerprint density at radius 1 is 1.00 bits per heavy atom. The molecule has 0 saturated heterocycles. The first-order chi connectivity index (χ1) is 16.6. The van der Waals surface area contributed by atoms with Crippen molar-refractivity contribution in [2.75, 3.05) is 16.0 Å². The molecular weight excluding hydrogens is 492 g/mol. The van der Waals surface area contributed by atoms with Gasteiger partial charge in [0.15, 0.2) is 11.6 Å². The van der Waals surface area contributed by atoms with Crippen LogP contribution in [0.3, 0.4) is 0 Å². The summed E-state index contributed by atoms with van der Waals surface area (Å²) in [6, 6.07) is 8.21. The zero-order chi connectivity index (χ0) is 25.2. The highest BCUT2D eigenvalue weighted by molar-refractivity contribution is 6.33. The van der Waals surface area contributed by atoms with Gasteiger partial charge in [0, 0.05) is 29.9 Å². The number of hydrogen-bond acceptors (Lipinski definition) is 4. The molecule has 7 nitrogen and oxygen atoms in total. The topological polar surface area (TPSA) is 92.3 Å². The molecule has 1 saturated carbocycles. The molecular formula is C23H17ClF4N4O3. The van der Waals surface area contributed by atoms with Crippen LogP contribution < -0.4 is 20.7 Å². The van der Waals surface area contributed by atoms with Crippen LogP contribution >= 0.6 is 11.6 Å². The lowest BCUT2D eigenvalue weighted by atomic mass is 10.2. The number of carbonyl (C=O) groups excluding carboxylic acids is 2. The van der Waals surface area contributed by atoms with Gasteiger partial charge in [-0.25, -0.2) is 14.2 Å². The Hall–Kier alpha value is -3.86. The number of carbonyl (C=O) groups is 2. The normalized spacial score (nSPS) is 13.2. The van der Waals surface area contributed by atoms with Gasteiger partial charge in [-0.15, -0.1) is 0 Å². The fourth-order valence-electron chi connectivity index (χ4n) is 2.98. The third-order valence-electron chi connectivity index (χ3n) is 4.89. The summed E-state index contributed by atoms with van der Waals surface area (Å²) in [6.07, 6.45) is -1.50. The largest absolute Gasteiger partial charge is 0.454 e. The number of benzene rings is 2. The van der Waals surface area contributed by atoms with Crippen LogP contribution in [0.1, 0.15) is 18.4 Å². The van der Waals surface area contributed by atoms with Crippen molar-refractivity contribution in [2.45, 2.75) is 19.0 Å². The van der Waals surface area contributed by atoms with E-state index in [9.17, 15) is 27.2 Å². The first-order valence-corrected chi connectivity index (χ1v) is 10.7. The number of pyridine rings is 1. The van der Waals surface area contributed by atoms with Gasteiger partial charge in [0.05, 0.1) is 16.3 Å². The molecule has 0 spiro atoms. The molecule has 3 amide bonds. The van der Waals surface area contributed by atoms with E-state index in [-0.39, 0.29) is 45.5 Å². The van der Waals surface area contributed by atoms with Crippen LogP contribution in [0, 0.1) is 11.7 Å². The van der Waals surface area contributed by atoms with Crippen LogP contribution in [0.4, 0.5) is 39.5 Å². The van der Waals surface area contributed by atoms with Crippen molar-refractivity contribution in [1.29, 1.82) is 0 Å². The number of ether oxygens (including phenoxy) is 1. The number of anilines is 3.